The van der Waals surface area contributed by atoms with E-state index in [4.69, 9.17) is 4.74 Å². The number of fused-ring (bicyclic) bond motifs is 1. The molecule has 0 unspecified atom stereocenters. The van der Waals surface area contributed by atoms with Gasteiger partial charge < -0.3 is 4.74 Å². The number of ether oxygens (including phenoxy) is 1. The van der Waals surface area contributed by atoms with Gasteiger partial charge in [-0.05, 0) is 38.0 Å². The zero-order chi connectivity index (χ0) is 13.0. The van der Waals surface area contributed by atoms with Crippen molar-refractivity contribution in [1.29, 1.82) is 0 Å². The molecule has 0 aromatic carbocycles. The maximum Gasteiger partial charge on any atom is 0.113 e. The summed E-state index contributed by atoms with van der Waals surface area (Å²) >= 11 is 0. The van der Waals surface area contributed by atoms with Crippen LogP contribution in [-0.2, 0) is 11.2 Å². The molecule has 0 radical (unpaired) electrons. The average Bonchev–Trinajstić information content (AvgIpc) is 2.59. The van der Waals surface area contributed by atoms with E-state index >= 15 is 0 Å². The van der Waals surface area contributed by atoms with Crippen LogP contribution in [0.2, 0.25) is 0 Å². The van der Waals surface area contributed by atoms with Gasteiger partial charge in [-0.2, -0.15) is 0 Å². The molecule has 1 aliphatic rings. The minimum atomic E-state index is 0.730. The standard InChI is InChI=1S/C13H15NO.C2H6/c1-8(2)15-13-6-12-11(10(13)4)5-9(3)7-14-12;1-2/h5,7H,1,6H2,2-4H3;1-2H3. The lowest BCUT2D eigenvalue weighted by atomic mass is 10.1. The zero-order valence-electron chi connectivity index (χ0n) is 11.4. The van der Waals surface area contributed by atoms with Crippen LogP contribution in [0.15, 0.2) is 30.4 Å². The number of aryl methyl sites for hydroxylation is 1. The summed E-state index contributed by atoms with van der Waals surface area (Å²) in [6, 6.07) is 2.16. The Morgan fingerprint density at radius 2 is 2.00 bits per heavy atom. The second-order valence-corrected chi connectivity index (χ2v) is 4.04. The van der Waals surface area contributed by atoms with E-state index < -0.39 is 0 Å². The summed E-state index contributed by atoms with van der Waals surface area (Å²) in [5.41, 5.74) is 4.69. The molecule has 0 atom stereocenters. The first-order valence-corrected chi connectivity index (χ1v) is 6.07. The molecule has 2 nitrogen and oxygen atoms in total. The van der Waals surface area contributed by atoms with Crippen LogP contribution in [-0.4, -0.2) is 4.98 Å². The van der Waals surface area contributed by atoms with Crippen molar-refractivity contribution in [3.8, 4) is 0 Å². The van der Waals surface area contributed by atoms with Gasteiger partial charge in [-0.25, -0.2) is 0 Å². The highest BCUT2D eigenvalue weighted by molar-refractivity contribution is 5.72. The number of aromatic nitrogens is 1. The number of hydrogen-bond donors (Lipinski definition) is 0. The molecule has 1 aromatic rings. The highest BCUT2D eigenvalue weighted by Gasteiger charge is 2.21. The molecule has 1 aromatic heterocycles. The van der Waals surface area contributed by atoms with Crippen molar-refractivity contribution in [1.82, 2.24) is 4.98 Å². The van der Waals surface area contributed by atoms with Crippen molar-refractivity contribution in [2.24, 2.45) is 0 Å². The topological polar surface area (TPSA) is 22.1 Å². The first kappa shape index (κ1) is 13.5. The van der Waals surface area contributed by atoms with Gasteiger partial charge in [-0.1, -0.05) is 20.4 Å². The van der Waals surface area contributed by atoms with E-state index in [2.05, 4.69) is 31.5 Å². The summed E-state index contributed by atoms with van der Waals surface area (Å²) in [5.74, 6) is 1.71. The summed E-state index contributed by atoms with van der Waals surface area (Å²) in [7, 11) is 0. The molecule has 0 fully saturated rings. The van der Waals surface area contributed by atoms with E-state index in [1.54, 1.807) is 0 Å². The van der Waals surface area contributed by atoms with Crippen molar-refractivity contribution >= 4 is 5.57 Å². The first-order chi connectivity index (χ1) is 8.08. The fourth-order valence-corrected chi connectivity index (χ4v) is 1.82. The quantitative estimate of drug-likeness (QED) is 0.710. The number of hydrogen-bond acceptors (Lipinski definition) is 2. The Morgan fingerprint density at radius 3 is 2.59 bits per heavy atom. The predicted octanol–water partition coefficient (Wildman–Crippen LogP) is 4.25. The number of allylic oxidation sites excluding steroid dienone is 3. The minimum Gasteiger partial charge on any atom is -0.466 e. The minimum absolute atomic E-state index is 0.730. The molecule has 2 rings (SSSR count). The molecule has 1 heterocycles. The predicted molar refractivity (Wildman–Crippen MR) is 72.5 cm³/mol. The molecule has 92 valence electrons. The molecule has 0 amide bonds. The lowest BCUT2D eigenvalue weighted by molar-refractivity contribution is 0.304. The summed E-state index contributed by atoms with van der Waals surface area (Å²) in [6.07, 6.45) is 2.68. The third-order valence-corrected chi connectivity index (χ3v) is 2.55. The van der Waals surface area contributed by atoms with Crippen LogP contribution in [0.25, 0.3) is 5.57 Å². The summed E-state index contributed by atoms with van der Waals surface area (Å²) < 4.78 is 5.59. The fraction of sp³-hybridized carbons (Fsp3) is 0.400. The Labute approximate surface area is 104 Å². The van der Waals surface area contributed by atoms with E-state index in [-0.39, 0.29) is 0 Å². The highest BCUT2D eigenvalue weighted by Crippen LogP contribution is 2.32. The van der Waals surface area contributed by atoms with Crippen LogP contribution in [0.1, 0.15) is 44.5 Å². The summed E-state index contributed by atoms with van der Waals surface area (Å²) in [5, 5.41) is 0. The molecule has 0 N–H and O–H groups in total. The van der Waals surface area contributed by atoms with Gasteiger partial charge in [-0.3, -0.25) is 4.98 Å². The van der Waals surface area contributed by atoms with E-state index in [9.17, 15) is 0 Å². The van der Waals surface area contributed by atoms with Gasteiger partial charge in [-0.15, -0.1) is 0 Å². The summed E-state index contributed by atoms with van der Waals surface area (Å²) in [4.78, 5) is 4.42. The zero-order valence-corrected chi connectivity index (χ0v) is 11.4. The van der Waals surface area contributed by atoms with E-state index in [0.29, 0.717) is 0 Å². The molecule has 2 heteroatoms. The lowest BCUT2D eigenvalue weighted by Gasteiger charge is -2.05. The molecular formula is C15H21NO. The third kappa shape index (κ3) is 2.96. The van der Waals surface area contributed by atoms with Crippen molar-refractivity contribution in [2.45, 2.75) is 41.0 Å². The van der Waals surface area contributed by atoms with Crippen LogP contribution >= 0.6 is 0 Å². The lowest BCUT2D eigenvalue weighted by Crippen LogP contribution is -1.92. The fourth-order valence-electron chi connectivity index (χ4n) is 1.82. The maximum absolute atomic E-state index is 5.59. The van der Waals surface area contributed by atoms with Crippen LogP contribution in [0.4, 0.5) is 0 Å². The first-order valence-electron chi connectivity index (χ1n) is 6.07. The maximum atomic E-state index is 5.59. The van der Waals surface area contributed by atoms with Gasteiger partial charge in [0.1, 0.15) is 5.76 Å². The Morgan fingerprint density at radius 1 is 1.35 bits per heavy atom. The van der Waals surface area contributed by atoms with Crippen molar-refractivity contribution in [3.05, 3.63) is 47.2 Å². The average molecular weight is 231 g/mol. The van der Waals surface area contributed by atoms with Crippen LogP contribution in [0.3, 0.4) is 0 Å². The normalized spacial score (nSPS) is 12.8. The number of pyridine rings is 1. The van der Waals surface area contributed by atoms with Crippen LogP contribution < -0.4 is 0 Å². The van der Waals surface area contributed by atoms with Crippen LogP contribution in [0, 0.1) is 6.92 Å². The van der Waals surface area contributed by atoms with Gasteiger partial charge >= 0.3 is 0 Å². The summed E-state index contributed by atoms with van der Waals surface area (Å²) in [6.45, 7) is 13.7. The van der Waals surface area contributed by atoms with E-state index in [1.807, 2.05) is 27.0 Å². The Bertz CT molecular complexity index is 458. The van der Waals surface area contributed by atoms with Crippen molar-refractivity contribution in [3.63, 3.8) is 0 Å². The molecular weight excluding hydrogens is 210 g/mol. The largest absolute Gasteiger partial charge is 0.466 e. The molecule has 0 aliphatic heterocycles. The van der Waals surface area contributed by atoms with Gasteiger partial charge in [0.25, 0.3) is 0 Å². The van der Waals surface area contributed by atoms with Crippen LogP contribution in [0.5, 0.6) is 0 Å². The van der Waals surface area contributed by atoms with Crippen molar-refractivity contribution in [2.75, 3.05) is 0 Å². The smallest absolute Gasteiger partial charge is 0.113 e. The second-order valence-electron chi connectivity index (χ2n) is 4.04. The molecule has 17 heavy (non-hydrogen) atoms. The third-order valence-electron chi connectivity index (χ3n) is 2.55. The number of rotatable bonds is 2. The molecule has 0 saturated heterocycles. The van der Waals surface area contributed by atoms with E-state index in [1.165, 1.54) is 16.7 Å². The Kier molecular flexibility index (Phi) is 4.50. The van der Waals surface area contributed by atoms with E-state index in [0.717, 1.165) is 23.6 Å². The van der Waals surface area contributed by atoms with Gasteiger partial charge in [0, 0.05) is 18.2 Å². The molecule has 0 bridgehead atoms. The SMILES string of the molecule is C=C(C)OC1=C(C)c2cc(C)cnc2C1.CC. The highest BCUT2D eigenvalue weighted by atomic mass is 16.5. The Hall–Kier alpha value is -1.57. The van der Waals surface area contributed by atoms with Gasteiger partial charge in [0.05, 0.1) is 11.5 Å². The molecule has 0 saturated carbocycles. The monoisotopic (exact) mass is 231 g/mol. The number of nitrogens with zero attached hydrogens (tertiary/aromatic N) is 1. The van der Waals surface area contributed by atoms with Gasteiger partial charge in [0.15, 0.2) is 0 Å². The van der Waals surface area contributed by atoms with Crippen molar-refractivity contribution < 1.29 is 4.74 Å². The van der Waals surface area contributed by atoms with Gasteiger partial charge in [0.2, 0.25) is 0 Å². The second kappa shape index (κ2) is 5.67. The molecule has 1 aliphatic carbocycles. The molecule has 0 spiro atoms. The Balaban J connectivity index is 0.000000686.